The minimum absolute atomic E-state index is 0.0729. The van der Waals surface area contributed by atoms with Crippen molar-refractivity contribution in [2.75, 3.05) is 26.7 Å². The average Bonchev–Trinajstić information content (AvgIpc) is 2.74. The summed E-state index contributed by atoms with van der Waals surface area (Å²) in [6.07, 6.45) is 3.04. The van der Waals surface area contributed by atoms with Gasteiger partial charge in [-0.15, -0.1) is 0 Å². The third-order valence-electron chi connectivity index (χ3n) is 3.02. The van der Waals surface area contributed by atoms with Gasteiger partial charge in [-0.3, -0.25) is 4.79 Å². The van der Waals surface area contributed by atoms with Gasteiger partial charge in [-0.25, -0.2) is 0 Å². The summed E-state index contributed by atoms with van der Waals surface area (Å²) in [7, 11) is 2.09. The Morgan fingerprint density at radius 2 is 2.33 bits per heavy atom. The lowest BCUT2D eigenvalue weighted by Crippen LogP contribution is -2.51. The highest BCUT2D eigenvalue weighted by Gasteiger charge is 2.25. The molecule has 0 aliphatic carbocycles. The Hall–Kier alpha value is -1.29. The number of rotatable bonds is 1. The van der Waals surface area contributed by atoms with Gasteiger partial charge >= 0.3 is 0 Å². The number of carbonyl (C=O) groups is 1. The molecule has 1 aromatic heterocycles. The van der Waals surface area contributed by atoms with Gasteiger partial charge in [-0.1, -0.05) is 0 Å². The minimum atomic E-state index is 0.0729. The molecule has 2 heterocycles. The monoisotopic (exact) mass is 208 g/mol. The maximum atomic E-state index is 12.0. The van der Waals surface area contributed by atoms with Crippen LogP contribution in [0.5, 0.6) is 0 Å². The van der Waals surface area contributed by atoms with Crippen molar-refractivity contribution in [3.05, 3.63) is 24.2 Å². The molecule has 82 valence electrons. The van der Waals surface area contributed by atoms with Gasteiger partial charge < -0.3 is 14.2 Å². The van der Waals surface area contributed by atoms with Crippen LogP contribution >= 0.6 is 0 Å². The highest BCUT2D eigenvalue weighted by Crippen LogP contribution is 2.11. The van der Waals surface area contributed by atoms with E-state index < -0.39 is 0 Å². The van der Waals surface area contributed by atoms with Crippen molar-refractivity contribution >= 4 is 5.91 Å². The summed E-state index contributed by atoms with van der Waals surface area (Å²) in [6, 6.07) is 2.14. The Morgan fingerprint density at radius 1 is 1.53 bits per heavy atom. The molecule has 4 nitrogen and oxygen atoms in total. The van der Waals surface area contributed by atoms with Crippen LogP contribution in [0.15, 0.2) is 23.0 Å². The van der Waals surface area contributed by atoms with E-state index in [1.54, 1.807) is 6.07 Å². The maximum absolute atomic E-state index is 12.0. The Morgan fingerprint density at radius 3 is 2.93 bits per heavy atom. The minimum Gasteiger partial charge on any atom is -0.472 e. The Kier molecular flexibility index (Phi) is 2.77. The molecule has 1 atom stereocenters. The summed E-state index contributed by atoms with van der Waals surface area (Å²) < 4.78 is 4.92. The van der Waals surface area contributed by atoms with Crippen molar-refractivity contribution < 1.29 is 9.21 Å². The third-order valence-corrected chi connectivity index (χ3v) is 3.02. The molecule has 15 heavy (non-hydrogen) atoms. The van der Waals surface area contributed by atoms with E-state index in [0.29, 0.717) is 11.6 Å². The first-order valence-corrected chi connectivity index (χ1v) is 5.20. The zero-order valence-corrected chi connectivity index (χ0v) is 9.14. The molecule has 1 aromatic rings. The fourth-order valence-electron chi connectivity index (χ4n) is 1.80. The van der Waals surface area contributed by atoms with E-state index >= 15 is 0 Å². The summed E-state index contributed by atoms with van der Waals surface area (Å²) in [4.78, 5) is 16.1. The van der Waals surface area contributed by atoms with E-state index in [1.807, 2.05) is 4.90 Å². The maximum Gasteiger partial charge on any atom is 0.257 e. The van der Waals surface area contributed by atoms with Crippen molar-refractivity contribution in [1.29, 1.82) is 0 Å². The molecule has 0 bridgehead atoms. The van der Waals surface area contributed by atoms with Crippen LogP contribution in [0.25, 0.3) is 0 Å². The van der Waals surface area contributed by atoms with Crippen molar-refractivity contribution in [2.24, 2.45) is 0 Å². The molecule has 4 heteroatoms. The summed E-state index contributed by atoms with van der Waals surface area (Å²) in [5, 5.41) is 0. The van der Waals surface area contributed by atoms with Gasteiger partial charge in [0.15, 0.2) is 0 Å². The zero-order chi connectivity index (χ0) is 10.8. The van der Waals surface area contributed by atoms with Crippen molar-refractivity contribution in [1.82, 2.24) is 9.80 Å². The standard InChI is InChI=1S/C11H16N2O2/c1-9-7-13(5-4-12(9)2)11(14)10-3-6-15-8-10/h3,6,8-9H,4-5,7H2,1-2H3. The first kappa shape index (κ1) is 10.2. The second kappa shape index (κ2) is 4.06. The molecule has 1 fully saturated rings. The molecular weight excluding hydrogens is 192 g/mol. The molecule has 1 unspecified atom stereocenters. The van der Waals surface area contributed by atoms with Crippen LogP contribution in [-0.2, 0) is 0 Å². The van der Waals surface area contributed by atoms with Gasteiger partial charge in [0.1, 0.15) is 6.26 Å². The summed E-state index contributed by atoms with van der Waals surface area (Å²) >= 11 is 0. The lowest BCUT2D eigenvalue weighted by Gasteiger charge is -2.37. The van der Waals surface area contributed by atoms with Crippen LogP contribution in [0.3, 0.4) is 0 Å². The van der Waals surface area contributed by atoms with Gasteiger partial charge in [0, 0.05) is 25.7 Å². The molecule has 0 aromatic carbocycles. The van der Waals surface area contributed by atoms with Crippen LogP contribution in [0.2, 0.25) is 0 Å². The first-order valence-electron chi connectivity index (χ1n) is 5.20. The summed E-state index contributed by atoms with van der Waals surface area (Å²) in [5.74, 6) is 0.0729. The highest BCUT2D eigenvalue weighted by molar-refractivity contribution is 5.93. The van der Waals surface area contributed by atoms with Gasteiger partial charge in [0.25, 0.3) is 5.91 Å². The second-order valence-corrected chi connectivity index (χ2v) is 4.09. The van der Waals surface area contributed by atoms with Gasteiger partial charge in [-0.05, 0) is 20.0 Å². The summed E-state index contributed by atoms with van der Waals surface area (Å²) in [6.45, 7) is 4.66. The molecule has 1 aliphatic rings. The summed E-state index contributed by atoms with van der Waals surface area (Å²) in [5.41, 5.74) is 0.645. The predicted molar refractivity (Wildman–Crippen MR) is 56.7 cm³/mol. The number of hydrogen-bond acceptors (Lipinski definition) is 3. The molecule has 1 aliphatic heterocycles. The smallest absolute Gasteiger partial charge is 0.257 e. The fraction of sp³-hybridized carbons (Fsp3) is 0.545. The molecule has 1 amide bonds. The van der Waals surface area contributed by atoms with Crippen LogP contribution < -0.4 is 0 Å². The Bertz CT molecular complexity index is 334. The molecule has 1 saturated heterocycles. The van der Waals surface area contributed by atoms with E-state index in [0.717, 1.165) is 19.6 Å². The predicted octanol–water partition coefficient (Wildman–Crippen LogP) is 1.06. The number of furan rings is 1. The molecule has 0 saturated carbocycles. The zero-order valence-electron chi connectivity index (χ0n) is 9.14. The van der Waals surface area contributed by atoms with Crippen molar-refractivity contribution in [3.63, 3.8) is 0 Å². The van der Waals surface area contributed by atoms with E-state index in [4.69, 9.17) is 4.42 Å². The topological polar surface area (TPSA) is 36.7 Å². The van der Waals surface area contributed by atoms with Gasteiger partial charge in [-0.2, -0.15) is 0 Å². The third kappa shape index (κ3) is 2.04. The number of hydrogen-bond donors (Lipinski definition) is 0. The molecule has 0 radical (unpaired) electrons. The van der Waals surface area contributed by atoms with Crippen LogP contribution in [-0.4, -0.2) is 48.4 Å². The highest BCUT2D eigenvalue weighted by atomic mass is 16.3. The first-order chi connectivity index (χ1) is 7.18. The lowest BCUT2D eigenvalue weighted by atomic mass is 10.2. The molecular formula is C11H16N2O2. The van der Waals surface area contributed by atoms with Crippen LogP contribution in [0.4, 0.5) is 0 Å². The second-order valence-electron chi connectivity index (χ2n) is 4.09. The van der Waals surface area contributed by atoms with Gasteiger partial charge in [0.2, 0.25) is 0 Å². The number of likely N-dealkylation sites (N-methyl/N-ethyl adjacent to an activating group) is 1. The normalized spacial score (nSPS) is 23.1. The van der Waals surface area contributed by atoms with Crippen LogP contribution in [0.1, 0.15) is 17.3 Å². The molecule has 2 rings (SSSR count). The average molecular weight is 208 g/mol. The molecule has 0 N–H and O–H groups in total. The van der Waals surface area contributed by atoms with Crippen molar-refractivity contribution in [3.8, 4) is 0 Å². The van der Waals surface area contributed by atoms with E-state index in [-0.39, 0.29) is 5.91 Å². The Balaban J connectivity index is 2.03. The van der Waals surface area contributed by atoms with Crippen LogP contribution in [0, 0.1) is 0 Å². The number of amides is 1. The fourth-order valence-corrected chi connectivity index (χ4v) is 1.80. The quantitative estimate of drug-likeness (QED) is 0.692. The number of piperazine rings is 1. The van der Waals surface area contributed by atoms with Gasteiger partial charge in [0.05, 0.1) is 11.8 Å². The Labute approximate surface area is 89.5 Å². The number of nitrogens with zero attached hydrogens (tertiary/aromatic N) is 2. The molecule has 0 spiro atoms. The SMILES string of the molecule is CC1CN(C(=O)c2ccoc2)CCN1C. The van der Waals surface area contributed by atoms with E-state index in [9.17, 15) is 4.79 Å². The van der Waals surface area contributed by atoms with E-state index in [1.165, 1.54) is 12.5 Å². The lowest BCUT2D eigenvalue weighted by molar-refractivity contribution is 0.0572. The van der Waals surface area contributed by atoms with Crippen molar-refractivity contribution in [2.45, 2.75) is 13.0 Å². The number of carbonyl (C=O) groups excluding carboxylic acids is 1. The largest absolute Gasteiger partial charge is 0.472 e. The van der Waals surface area contributed by atoms with E-state index in [2.05, 4.69) is 18.9 Å².